The van der Waals surface area contributed by atoms with E-state index >= 15 is 0 Å². The molecule has 0 unspecified atom stereocenters. The molecular weight excluding hydrogens is 306 g/mol. The van der Waals surface area contributed by atoms with Crippen molar-refractivity contribution in [1.82, 2.24) is 5.32 Å². The molecule has 124 valence electrons. The molecule has 2 aromatic rings. The van der Waals surface area contributed by atoms with Gasteiger partial charge in [-0.2, -0.15) is 0 Å². The molecule has 0 spiro atoms. The molecule has 5 heteroatoms. The van der Waals surface area contributed by atoms with E-state index in [-0.39, 0.29) is 17.4 Å². The third-order valence-electron chi connectivity index (χ3n) is 4.16. The number of fused-ring (bicyclic) bond motifs is 1. The van der Waals surface area contributed by atoms with Crippen molar-refractivity contribution >= 4 is 11.9 Å². The van der Waals surface area contributed by atoms with E-state index in [0.717, 1.165) is 16.9 Å². The number of benzene rings is 2. The largest absolute Gasteiger partial charge is 0.493 e. The van der Waals surface area contributed by atoms with Crippen LogP contribution in [-0.4, -0.2) is 30.1 Å². The second-order valence-electron chi connectivity index (χ2n) is 5.77. The summed E-state index contributed by atoms with van der Waals surface area (Å²) in [6.45, 7) is 1.01. The van der Waals surface area contributed by atoms with Gasteiger partial charge in [-0.15, -0.1) is 0 Å². The number of nitrogens with one attached hydrogen (secondary N) is 1. The molecule has 2 aromatic carbocycles. The molecular formula is C19H19NO4. The number of carboxylic acids is 1. The first-order chi connectivity index (χ1) is 11.6. The Morgan fingerprint density at radius 1 is 1.17 bits per heavy atom. The van der Waals surface area contributed by atoms with Gasteiger partial charge in [0.25, 0.3) is 0 Å². The van der Waals surface area contributed by atoms with Gasteiger partial charge in [-0.3, -0.25) is 4.79 Å². The molecule has 1 aliphatic heterocycles. The number of carbonyl (C=O) groups is 2. The topological polar surface area (TPSA) is 75.6 Å². The summed E-state index contributed by atoms with van der Waals surface area (Å²) in [5, 5.41) is 12.0. The van der Waals surface area contributed by atoms with Crippen LogP contribution in [0.15, 0.2) is 48.5 Å². The predicted molar refractivity (Wildman–Crippen MR) is 89.4 cm³/mol. The normalized spacial score (nSPS) is 15.9. The lowest BCUT2D eigenvalue weighted by atomic mass is 9.92. The smallest absolute Gasteiger partial charge is 0.335 e. The minimum atomic E-state index is -0.945. The van der Waals surface area contributed by atoms with Crippen LogP contribution >= 0.6 is 0 Å². The van der Waals surface area contributed by atoms with E-state index in [0.29, 0.717) is 26.0 Å². The van der Waals surface area contributed by atoms with Gasteiger partial charge in [-0.25, -0.2) is 4.79 Å². The van der Waals surface area contributed by atoms with Gasteiger partial charge in [0.15, 0.2) is 0 Å². The van der Waals surface area contributed by atoms with Gasteiger partial charge >= 0.3 is 5.97 Å². The van der Waals surface area contributed by atoms with E-state index in [1.165, 1.54) is 0 Å². The third kappa shape index (κ3) is 3.56. The molecule has 0 fully saturated rings. The first kappa shape index (κ1) is 16.1. The second-order valence-corrected chi connectivity index (χ2v) is 5.77. The van der Waals surface area contributed by atoms with E-state index in [2.05, 4.69) is 5.32 Å². The monoisotopic (exact) mass is 325 g/mol. The molecule has 1 heterocycles. The highest BCUT2D eigenvalue weighted by Gasteiger charge is 2.26. The van der Waals surface area contributed by atoms with Crippen LogP contribution in [0.5, 0.6) is 5.75 Å². The predicted octanol–water partition coefficient (Wildman–Crippen LogP) is 2.61. The SMILES string of the molecule is O=C(O)c1cccc(CCNC(=O)[C@H]2CCOc3ccccc32)c1. The summed E-state index contributed by atoms with van der Waals surface area (Å²) in [5.74, 6) is -0.377. The fraction of sp³-hybridized carbons (Fsp3) is 0.263. The average Bonchev–Trinajstić information content (AvgIpc) is 2.61. The first-order valence-corrected chi connectivity index (χ1v) is 7.97. The number of amides is 1. The van der Waals surface area contributed by atoms with Gasteiger partial charge in [0, 0.05) is 12.1 Å². The molecule has 0 saturated heterocycles. The summed E-state index contributed by atoms with van der Waals surface area (Å²) in [4.78, 5) is 23.4. The number of hydrogen-bond donors (Lipinski definition) is 2. The van der Waals surface area contributed by atoms with Crippen molar-refractivity contribution in [3.8, 4) is 5.75 Å². The van der Waals surface area contributed by atoms with Gasteiger partial charge in [0.05, 0.1) is 18.1 Å². The standard InChI is InChI=1S/C19H19NO4/c21-18(16-9-11-24-17-7-2-1-6-15(16)17)20-10-8-13-4-3-5-14(12-13)19(22)23/h1-7,12,16H,8-11H2,(H,20,21)(H,22,23)/t16-/m0/s1. The van der Waals surface area contributed by atoms with E-state index in [9.17, 15) is 9.59 Å². The molecule has 0 bridgehead atoms. The number of rotatable bonds is 5. The highest BCUT2D eigenvalue weighted by molar-refractivity contribution is 5.87. The van der Waals surface area contributed by atoms with Gasteiger partial charge in [-0.05, 0) is 36.6 Å². The Hall–Kier alpha value is -2.82. The molecule has 1 aliphatic rings. The zero-order valence-electron chi connectivity index (χ0n) is 13.2. The lowest BCUT2D eigenvalue weighted by molar-refractivity contribution is -0.123. The van der Waals surface area contributed by atoms with Crippen LogP contribution in [0.1, 0.15) is 33.8 Å². The van der Waals surface area contributed by atoms with Crippen LogP contribution in [-0.2, 0) is 11.2 Å². The summed E-state index contributed by atoms with van der Waals surface area (Å²) in [5.41, 5.74) is 2.08. The third-order valence-corrected chi connectivity index (χ3v) is 4.16. The Kier molecular flexibility index (Phi) is 4.79. The lowest BCUT2D eigenvalue weighted by Crippen LogP contribution is -2.33. The van der Waals surface area contributed by atoms with Crippen LogP contribution in [0.2, 0.25) is 0 Å². The van der Waals surface area contributed by atoms with E-state index in [4.69, 9.17) is 9.84 Å². The Morgan fingerprint density at radius 2 is 2.00 bits per heavy atom. The second kappa shape index (κ2) is 7.17. The highest BCUT2D eigenvalue weighted by Crippen LogP contribution is 2.33. The average molecular weight is 325 g/mol. The van der Waals surface area contributed by atoms with Crippen molar-refractivity contribution in [1.29, 1.82) is 0 Å². The van der Waals surface area contributed by atoms with Crippen molar-refractivity contribution in [3.05, 3.63) is 65.2 Å². The first-order valence-electron chi connectivity index (χ1n) is 7.97. The maximum absolute atomic E-state index is 12.5. The van der Waals surface area contributed by atoms with Gasteiger partial charge in [0.1, 0.15) is 5.75 Å². The van der Waals surface area contributed by atoms with E-state index < -0.39 is 5.97 Å². The van der Waals surface area contributed by atoms with Gasteiger partial charge in [0.2, 0.25) is 5.91 Å². The molecule has 5 nitrogen and oxygen atoms in total. The zero-order chi connectivity index (χ0) is 16.9. The van der Waals surface area contributed by atoms with Crippen molar-refractivity contribution in [2.45, 2.75) is 18.8 Å². The molecule has 3 rings (SSSR count). The minimum Gasteiger partial charge on any atom is -0.493 e. The molecule has 1 amide bonds. The van der Waals surface area contributed by atoms with Crippen LogP contribution in [0, 0.1) is 0 Å². The summed E-state index contributed by atoms with van der Waals surface area (Å²) in [6.07, 6.45) is 1.26. The molecule has 0 aromatic heterocycles. The summed E-state index contributed by atoms with van der Waals surface area (Å²) in [6, 6.07) is 14.4. The molecule has 1 atom stereocenters. The van der Waals surface area contributed by atoms with Crippen LogP contribution < -0.4 is 10.1 Å². The van der Waals surface area contributed by atoms with E-state index in [1.54, 1.807) is 18.2 Å². The summed E-state index contributed by atoms with van der Waals surface area (Å²) in [7, 11) is 0. The van der Waals surface area contributed by atoms with Gasteiger partial charge < -0.3 is 15.2 Å². The Balaban J connectivity index is 1.59. The number of aromatic carboxylic acids is 1. The maximum Gasteiger partial charge on any atom is 0.335 e. The molecule has 0 aliphatic carbocycles. The van der Waals surface area contributed by atoms with Crippen LogP contribution in [0.3, 0.4) is 0 Å². The minimum absolute atomic E-state index is 0.0138. The molecule has 24 heavy (non-hydrogen) atoms. The maximum atomic E-state index is 12.5. The highest BCUT2D eigenvalue weighted by atomic mass is 16.5. The molecule has 2 N–H and O–H groups in total. The molecule has 0 radical (unpaired) electrons. The summed E-state index contributed by atoms with van der Waals surface area (Å²) < 4.78 is 5.58. The number of ether oxygens (including phenoxy) is 1. The van der Waals surface area contributed by atoms with Crippen molar-refractivity contribution in [2.75, 3.05) is 13.2 Å². The molecule has 0 saturated carbocycles. The number of carboxylic acid groups (broad SMARTS) is 1. The number of carbonyl (C=O) groups excluding carboxylic acids is 1. The fourth-order valence-electron chi connectivity index (χ4n) is 2.93. The van der Waals surface area contributed by atoms with Crippen LogP contribution in [0.4, 0.5) is 0 Å². The Morgan fingerprint density at radius 3 is 2.83 bits per heavy atom. The van der Waals surface area contributed by atoms with E-state index in [1.807, 2.05) is 30.3 Å². The van der Waals surface area contributed by atoms with Crippen LogP contribution in [0.25, 0.3) is 0 Å². The Bertz CT molecular complexity index is 757. The van der Waals surface area contributed by atoms with Gasteiger partial charge in [-0.1, -0.05) is 30.3 Å². The fourth-order valence-corrected chi connectivity index (χ4v) is 2.93. The van der Waals surface area contributed by atoms with Crippen molar-refractivity contribution in [3.63, 3.8) is 0 Å². The lowest BCUT2D eigenvalue weighted by Gasteiger charge is -2.25. The number of hydrogen-bond acceptors (Lipinski definition) is 3. The van der Waals surface area contributed by atoms with Crippen molar-refractivity contribution < 1.29 is 19.4 Å². The quantitative estimate of drug-likeness (QED) is 0.886. The number of para-hydroxylation sites is 1. The zero-order valence-corrected chi connectivity index (χ0v) is 13.2. The summed E-state index contributed by atoms with van der Waals surface area (Å²) >= 11 is 0. The Labute approximate surface area is 140 Å². The van der Waals surface area contributed by atoms with Crippen molar-refractivity contribution in [2.24, 2.45) is 0 Å².